The highest BCUT2D eigenvalue weighted by atomic mass is 16.2. The van der Waals surface area contributed by atoms with Crippen molar-refractivity contribution >= 4 is 22.5 Å². The molecule has 0 bridgehead atoms. The van der Waals surface area contributed by atoms with Gasteiger partial charge in [0.1, 0.15) is 0 Å². The fraction of sp³-hybridized carbons (Fsp3) is 0.111. The van der Waals surface area contributed by atoms with Crippen LogP contribution in [0, 0.1) is 6.92 Å². The average Bonchev–Trinajstić information content (AvgIpc) is 2.92. The zero-order valence-electron chi connectivity index (χ0n) is 11.7. The smallest absolute Gasteiger partial charge is 0.231 e. The molecule has 0 saturated carbocycles. The molecule has 0 spiro atoms. The summed E-state index contributed by atoms with van der Waals surface area (Å²) < 4.78 is 0. The highest BCUT2D eigenvalue weighted by Gasteiger charge is 2.19. The number of para-hydroxylation sites is 1. The SMILES string of the molecule is Cc1ccc(CC(=O)C(=O)c2c[nH]c3ccccc23)cc1. The van der Waals surface area contributed by atoms with E-state index < -0.39 is 5.78 Å². The number of aromatic amines is 1. The lowest BCUT2D eigenvalue weighted by molar-refractivity contribution is -0.114. The number of ketones is 2. The molecular weight excluding hydrogens is 262 g/mol. The third kappa shape index (κ3) is 2.63. The third-order valence-electron chi connectivity index (χ3n) is 3.57. The van der Waals surface area contributed by atoms with Crippen molar-refractivity contribution in [3.8, 4) is 0 Å². The van der Waals surface area contributed by atoms with E-state index in [1.807, 2.05) is 55.5 Å². The van der Waals surface area contributed by atoms with E-state index in [-0.39, 0.29) is 12.2 Å². The molecular formula is C18H15NO2. The summed E-state index contributed by atoms with van der Waals surface area (Å²) in [4.78, 5) is 27.5. The summed E-state index contributed by atoms with van der Waals surface area (Å²) in [7, 11) is 0. The Morgan fingerprint density at radius 3 is 2.48 bits per heavy atom. The summed E-state index contributed by atoms with van der Waals surface area (Å²) in [6.07, 6.45) is 1.75. The molecule has 3 nitrogen and oxygen atoms in total. The Labute approximate surface area is 122 Å². The normalized spacial score (nSPS) is 10.7. The molecule has 1 N–H and O–H groups in total. The molecule has 0 aliphatic rings. The summed E-state index contributed by atoms with van der Waals surface area (Å²) >= 11 is 0. The van der Waals surface area contributed by atoms with Gasteiger partial charge in [0, 0.05) is 23.5 Å². The molecule has 0 radical (unpaired) electrons. The maximum Gasteiger partial charge on any atom is 0.231 e. The van der Waals surface area contributed by atoms with Gasteiger partial charge in [-0.3, -0.25) is 9.59 Å². The van der Waals surface area contributed by atoms with Crippen molar-refractivity contribution in [2.75, 3.05) is 0 Å². The van der Waals surface area contributed by atoms with Crippen LogP contribution in [-0.4, -0.2) is 16.6 Å². The third-order valence-corrected chi connectivity index (χ3v) is 3.57. The number of aromatic nitrogens is 1. The van der Waals surface area contributed by atoms with Crippen LogP contribution in [0.3, 0.4) is 0 Å². The molecule has 3 heteroatoms. The first-order chi connectivity index (χ1) is 10.1. The highest BCUT2D eigenvalue weighted by Crippen LogP contribution is 2.19. The Morgan fingerprint density at radius 1 is 1.00 bits per heavy atom. The maximum absolute atomic E-state index is 12.3. The molecule has 2 aromatic carbocycles. The Kier molecular flexibility index (Phi) is 3.40. The molecule has 104 valence electrons. The van der Waals surface area contributed by atoms with Crippen molar-refractivity contribution in [3.63, 3.8) is 0 Å². The van der Waals surface area contributed by atoms with Gasteiger partial charge in [-0.25, -0.2) is 0 Å². The van der Waals surface area contributed by atoms with Gasteiger partial charge < -0.3 is 4.98 Å². The van der Waals surface area contributed by atoms with Crippen LogP contribution in [0.15, 0.2) is 54.7 Å². The standard InChI is InChI=1S/C18H15NO2/c1-12-6-8-13(9-7-12)10-17(20)18(21)15-11-19-16-5-3-2-4-14(15)16/h2-9,11,19H,10H2,1H3. The largest absolute Gasteiger partial charge is 0.360 e. The van der Waals surface area contributed by atoms with Crippen LogP contribution < -0.4 is 0 Å². The van der Waals surface area contributed by atoms with Gasteiger partial charge in [-0.1, -0.05) is 48.0 Å². The van der Waals surface area contributed by atoms with E-state index in [2.05, 4.69) is 4.98 Å². The number of H-pyrrole nitrogens is 1. The van der Waals surface area contributed by atoms with Crippen LogP contribution in [-0.2, 0) is 11.2 Å². The zero-order valence-corrected chi connectivity index (χ0v) is 11.7. The Morgan fingerprint density at radius 2 is 1.71 bits per heavy atom. The van der Waals surface area contributed by atoms with Gasteiger partial charge >= 0.3 is 0 Å². The minimum atomic E-state index is -0.437. The molecule has 0 fully saturated rings. The molecule has 0 unspecified atom stereocenters. The number of fused-ring (bicyclic) bond motifs is 1. The van der Waals surface area contributed by atoms with Crippen molar-refractivity contribution in [1.82, 2.24) is 4.98 Å². The number of carbonyl (C=O) groups excluding carboxylic acids is 2. The summed E-state index contributed by atoms with van der Waals surface area (Å²) in [6.45, 7) is 1.99. The number of Topliss-reactive ketones (excluding diaryl/α,β-unsaturated/α-hetero) is 2. The lowest BCUT2D eigenvalue weighted by Gasteiger charge is -2.01. The van der Waals surface area contributed by atoms with Crippen molar-refractivity contribution in [3.05, 3.63) is 71.4 Å². The van der Waals surface area contributed by atoms with E-state index >= 15 is 0 Å². The summed E-state index contributed by atoms with van der Waals surface area (Å²) in [6, 6.07) is 15.1. The number of rotatable bonds is 4. The van der Waals surface area contributed by atoms with Gasteiger partial charge in [-0.05, 0) is 18.6 Å². The first kappa shape index (κ1) is 13.3. The second-order valence-electron chi connectivity index (χ2n) is 5.16. The molecule has 3 aromatic rings. The predicted octanol–water partition coefficient (Wildman–Crippen LogP) is 3.47. The predicted molar refractivity (Wildman–Crippen MR) is 82.5 cm³/mol. The highest BCUT2D eigenvalue weighted by molar-refractivity contribution is 6.46. The number of hydrogen-bond acceptors (Lipinski definition) is 2. The van der Waals surface area contributed by atoms with Gasteiger partial charge in [0.2, 0.25) is 11.6 Å². The van der Waals surface area contributed by atoms with Gasteiger partial charge in [-0.15, -0.1) is 0 Å². The molecule has 21 heavy (non-hydrogen) atoms. The van der Waals surface area contributed by atoms with E-state index in [1.54, 1.807) is 6.20 Å². The lowest BCUT2D eigenvalue weighted by Crippen LogP contribution is -2.16. The number of aryl methyl sites for hydroxylation is 1. The first-order valence-electron chi connectivity index (χ1n) is 6.84. The van der Waals surface area contributed by atoms with Crippen LogP contribution in [0.5, 0.6) is 0 Å². The van der Waals surface area contributed by atoms with Crippen LogP contribution in [0.1, 0.15) is 21.5 Å². The Balaban J connectivity index is 1.84. The average molecular weight is 277 g/mol. The monoisotopic (exact) mass is 277 g/mol. The fourth-order valence-electron chi connectivity index (χ4n) is 2.38. The molecule has 0 amide bonds. The van der Waals surface area contributed by atoms with Crippen LogP contribution in [0.4, 0.5) is 0 Å². The molecule has 0 aliphatic carbocycles. The molecule has 1 heterocycles. The van der Waals surface area contributed by atoms with Crippen molar-refractivity contribution in [2.45, 2.75) is 13.3 Å². The summed E-state index contributed by atoms with van der Waals surface area (Å²) in [5.74, 6) is -0.823. The van der Waals surface area contributed by atoms with Crippen molar-refractivity contribution in [1.29, 1.82) is 0 Å². The minimum Gasteiger partial charge on any atom is -0.360 e. The lowest BCUT2D eigenvalue weighted by atomic mass is 10.0. The number of nitrogens with one attached hydrogen (secondary N) is 1. The maximum atomic E-state index is 12.3. The molecule has 1 aromatic heterocycles. The van der Waals surface area contributed by atoms with Crippen LogP contribution in [0.25, 0.3) is 10.9 Å². The minimum absolute atomic E-state index is 0.138. The van der Waals surface area contributed by atoms with E-state index in [0.29, 0.717) is 5.56 Å². The van der Waals surface area contributed by atoms with Gasteiger partial charge in [0.25, 0.3) is 0 Å². The second-order valence-corrected chi connectivity index (χ2v) is 5.16. The first-order valence-corrected chi connectivity index (χ1v) is 6.84. The summed E-state index contributed by atoms with van der Waals surface area (Å²) in [5, 5.41) is 0.791. The van der Waals surface area contributed by atoms with Crippen LogP contribution in [0.2, 0.25) is 0 Å². The molecule has 0 atom stereocenters. The van der Waals surface area contributed by atoms with E-state index in [0.717, 1.165) is 22.0 Å². The van der Waals surface area contributed by atoms with Gasteiger partial charge in [-0.2, -0.15) is 0 Å². The fourth-order valence-corrected chi connectivity index (χ4v) is 2.38. The topological polar surface area (TPSA) is 49.9 Å². The second kappa shape index (κ2) is 5.37. The quantitative estimate of drug-likeness (QED) is 0.586. The summed E-state index contributed by atoms with van der Waals surface area (Å²) in [5.41, 5.74) is 3.31. The van der Waals surface area contributed by atoms with Crippen molar-refractivity contribution in [2.24, 2.45) is 0 Å². The van der Waals surface area contributed by atoms with E-state index in [4.69, 9.17) is 0 Å². The van der Waals surface area contributed by atoms with Gasteiger partial charge in [0.15, 0.2) is 0 Å². The van der Waals surface area contributed by atoms with Gasteiger partial charge in [0.05, 0.1) is 5.56 Å². The Bertz CT molecular complexity index is 813. The molecule has 0 aliphatic heterocycles. The van der Waals surface area contributed by atoms with E-state index in [1.165, 1.54) is 0 Å². The number of hydrogen-bond donors (Lipinski definition) is 1. The van der Waals surface area contributed by atoms with Crippen LogP contribution >= 0.6 is 0 Å². The van der Waals surface area contributed by atoms with E-state index in [9.17, 15) is 9.59 Å². The Hall–Kier alpha value is -2.68. The number of carbonyl (C=O) groups is 2. The zero-order chi connectivity index (χ0) is 14.8. The number of benzene rings is 2. The van der Waals surface area contributed by atoms with Crippen molar-refractivity contribution < 1.29 is 9.59 Å². The molecule has 0 saturated heterocycles. The molecule has 3 rings (SSSR count).